The SMILES string of the molecule is CC(C(=O)NC(CN1CCC(O)C1)c1ccccc1)c1ccc(S(C)(=O)=O)cc1. The van der Waals surface area contributed by atoms with E-state index in [9.17, 15) is 18.3 Å². The number of nitrogens with zero attached hydrogens (tertiary/aromatic N) is 1. The van der Waals surface area contributed by atoms with Gasteiger partial charge in [0, 0.05) is 25.9 Å². The molecule has 0 radical (unpaired) electrons. The number of rotatable bonds is 7. The summed E-state index contributed by atoms with van der Waals surface area (Å²) in [5, 5.41) is 12.9. The molecule has 0 bridgehead atoms. The number of likely N-dealkylation sites (tertiary alicyclic amines) is 1. The number of benzene rings is 2. The first-order chi connectivity index (χ1) is 13.7. The van der Waals surface area contributed by atoms with Gasteiger partial charge in [-0.15, -0.1) is 0 Å². The van der Waals surface area contributed by atoms with Crippen molar-refractivity contribution in [1.82, 2.24) is 10.2 Å². The van der Waals surface area contributed by atoms with E-state index in [0.717, 1.165) is 30.3 Å². The van der Waals surface area contributed by atoms with Gasteiger partial charge < -0.3 is 10.4 Å². The van der Waals surface area contributed by atoms with Crippen LogP contribution in [-0.2, 0) is 14.6 Å². The second-order valence-electron chi connectivity index (χ2n) is 7.74. The summed E-state index contributed by atoms with van der Waals surface area (Å²) in [5.41, 5.74) is 1.78. The fraction of sp³-hybridized carbons (Fsp3) is 0.409. The van der Waals surface area contributed by atoms with E-state index in [4.69, 9.17) is 0 Å². The fourth-order valence-corrected chi connectivity index (χ4v) is 4.24. The lowest BCUT2D eigenvalue weighted by atomic mass is 9.99. The highest BCUT2D eigenvalue weighted by Crippen LogP contribution is 2.22. The number of hydrogen-bond acceptors (Lipinski definition) is 5. The van der Waals surface area contributed by atoms with Gasteiger partial charge in [0.15, 0.2) is 9.84 Å². The summed E-state index contributed by atoms with van der Waals surface area (Å²) < 4.78 is 23.3. The third-order valence-electron chi connectivity index (χ3n) is 5.41. The van der Waals surface area contributed by atoms with Crippen LogP contribution in [0.1, 0.15) is 36.4 Å². The minimum absolute atomic E-state index is 0.120. The molecule has 1 aliphatic heterocycles. The van der Waals surface area contributed by atoms with Crippen LogP contribution in [0.4, 0.5) is 0 Å². The van der Waals surface area contributed by atoms with Crippen LogP contribution >= 0.6 is 0 Å². The summed E-state index contributed by atoms with van der Waals surface area (Å²) >= 11 is 0. The molecule has 29 heavy (non-hydrogen) atoms. The molecule has 6 nitrogen and oxygen atoms in total. The van der Waals surface area contributed by atoms with Crippen molar-refractivity contribution >= 4 is 15.7 Å². The Hall–Kier alpha value is -2.22. The predicted octanol–water partition coefficient (Wildman–Crippen LogP) is 2.12. The second kappa shape index (κ2) is 9.07. The first-order valence-electron chi connectivity index (χ1n) is 9.80. The normalized spacial score (nSPS) is 19.6. The predicted molar refractivity (Wildman–Crippen MR) is 112 cm³/mol. The topological polar surface area (TPSA) is 86.7 Å². The number of aliphatic hydroxyl groups is 1. The Labute approximate surface area is 172 Å². The van der Waals surface area contributed by atoms with Crippen LogP contribution in [-0.4, -0.2) is 56.3 Å². The molecule has 1 amide bonds. The van der Waals surface area contributed by atoms with Crippen molar-refractivity contribution in [3.63, 3.8) is 0 Å². The maximum atomic E-state index is 12.9. The van der Waals surface area contributed by atoms with E-state index in [1.165, 1.54) is 12.1 Å². The molecule has 1 heterocycles. The lowest BCUT2D eigenvalue weighted by Crippen LogP contribution is -2.39. The molecule has 1 fully saturated rings. The molecule has 3 atom stereocenters. The molecule has 0 saturated carbocycles. The van der Waals surface area contributed by atoms with E-state index < -0.39 is 15.8 Å². The van der Waals surface area contributed by atoms with Crippen LogP contribution in [0.25, 0.3) is 0 Å². The Morgan fingerprint density at radius 2 is 1.79 bits per heavy atom. The number of aliphatic hydroxyl groups excluding tert-OH is 1. The Morgan fingerprint density at radius 1 is 1.14 bits per heavy atom. The van der Waals surface area contributed by atoms with Crippen molar-refractivity contribution in [2.45, 2.75) is 36.3 Å². The van der Waals surface area contributed by atoms with Gasteiger partial charge in [0.1, 0.15) is 0 Å². The van der Waals surface area contributed by atoms with Gasteiger partial charge in [0.05, 0.1) is 23.0 Å². The van der Waals surface area contributed by atoms with E-state index in [-0.39, 0.29) is 22.9 Å². The lowest BCUT2D eigenvalue weighted by molar-refractivity contribution is -0.123. The van der Waals surface area contributed by atoms with E-state index in [2.05, 4.69) is 10.2 Å². The largest absolute Gasteiger partial charge is 0.392 e. The minimum atomic E-state index is -3.27. The number of nitrogens with one attached hydrogen (secondary N) is 1. The smallest absolute Gasteiger partial charge is 0.227 e. The highest BCUT2D eigenvalue weighted by atomic mass is 32.2. The average molecular weight is 417 g/mol. The molecule has 2 aromatic rings. The highest BCUT2D eigenvalue weighted by Gasteiger charge is 2.26. The zero-order valence-corrected chi connectivity index (χ0v) is 17.6. The average Bonchev–Trinajstić information content (AvgIpc) is 3.11. The third-order valence-corrected chi connectivity index (χ3v) is 6.54. The minimum Gasteiger partial charge on any atom is -0.392 e. The van der Waals surface area contributed by atoms with E-state index in [1.54, 1.807) is 12.1 Å². The van der Waals surface area contributed by atoms with E-state index in [0.29, 0.717) is 13.1 Å². The Kier molecular flexibility index (Phi) is 6.72. The summed E-state index contributed by atoms with van der Waals surface area (Å²) in [5.74, 6) is -0.537. The summed E-state index contributed by atoms with van der Waals surface area (Å²) in [6.07, 6.45) is 1.60. The zero-order valence-electron chi connectivity index (χ0n) is 16.8. The van der Waals surface area contributed by atoms with Crippen molar-refractivity contribution in [2.75, 3.05) is 25.9 Å². The summed E-state index contributed by atoms with van der Waals surface area (Å²) in [7, 11) is -3.27. The van der Waals surface area contributed by atoms with Crippen molar-refractivity contribution in [2.24, 2.45) is 0 Å². The van der Waals surface area contributed by atoms with Gasteiger partial charge in [-0.05, 0) is 36.6 Å². The van der Waals surface area contributed by atoms with E-state index in [1.807, 2.05) is 37.3 Å². The molecule has 156 valence electrons. The molecule has 1 aliphatic rings. The van der Waals surface area contributed by atoms with Crippen molar-refractivity contribution < 1.29 is 18.3 Å². The number of β-amino-alcohol motifs (C(OH)–C–C–N with tert-alkyl or cyclic N) is 1. The fourth-order valence-electron chi connectivity index (χ4n) is 3.61. The van der Waals surface area contributed by atoms with Crippen LogP contribution in [0.2, 0.25) is 0 Å². The van der Waals surface area contributed by atoms with Crippen molar-refractivity contribution in [3.8, 4) is 0 Å². The molecular weight excluding hydrogens is 388 g/mol. The van der Waals surface area contributed by atoms with Crippen LogP contribution in [0.15, 0.2) is 59.5 Å². The third kappa shape index (κ3) is 5.65. The maximum Gasteiger partial charge on any atom is 0.227 e. The molecule has 0 spiro atoms. The van der Waals surface area contributed by atoms with Crippen molar-refractivity contribution in [1.29, 1.82) is 0 Å². The van der Waals surface area contributed by atoms with Gasteiger partial charge in [-0.2, -0.15) is 0 Å². The Bertz CT molecular complexity index is 929. The van der Waals surface area contributed by atoms with Crippen LogP contribution in [0.3, 0.4) is 0 Å². The quantitative estimate of drug-likeness (QED) is 0.722. The molecule has 0 aromatic heterocycles. The molecule has 2 aromatic carbocycles. The number of hydrogen-bond donors (Lipinski definition) is 2. The lowest BCUT2D eigenvalue weighted by Gasteiger charge is -2.26. The molecule has 0 aliphatic carbocycles. The van der Waals surface area contributed by atoms with Gasteiger partial charge in [0.2, 0.25) is 5.91 Å². The summed E-state index contributed by atoms with van der Waals surface area (Å²) in [4.78, 5) is 15.4. The number of carbonyl (C=O) groups excluding carboxylic acids is 1. The monoisotopic (exact) mass is 416 g/mol. The number of amides is 1. The van der Waals surface area contributed by atoms with Gasteiger partial charge in [-0.3, -0.25) is 9.69 Å². The Morgan fingerprint density at radius 3 is 2.34 bits per heavy atom. The van der Waals surface area contributed by atoms with Gasteiger partial charge >= 0.3 is 0 Å². The molecule has 1 saturated heterocycles. The molecule has 3 unspecified atom stereocenters. The summed E-state index contributed by atoms with van der Waals surface area (Å²) in [6.45, 7) is 3.86. The van der Waals surface area contributed by atoms with Gasteiger partial charge in [-0.1, -0.05) is 42.5 Å². The summed E-state index contributed by atoms with van der Waals surface area (Å²) in [6, 6.07) is 16.1. The second-order valence-corrected chi connectivity index (χ2v) is 9.75. The molecule has 2 N–H and O–H groups in total. The first kappa shape index (κ1) is 21.5. The maximum absolute atomic E-state index is 12.9. The molecular formula is C22H28N2O4S. The standard InChI is InChI=1S/C22H28N2O4S/c1-16(17-8-10-20(11-9-17)29(2,27)28)22(26)23-21(18-6-4-3-5-7-18)15-24-13-12-19(25)14-24/h3-11,16,19,21,25H,12-15H2,1-2H3,(H,23,26). The van der Waals surface area contributed by atoms with Gasteiger partial charge in [0.25, 0.3) is 0 Å². The molecule has 3 rings (SSSR count). The Balaban J connectivity index is 1.73. The number of carbonyl (C=O) groups is 1. The number of sulfone groups is 1. The van der Waals surface area contributed by atoms with Crippen LogP contribution < -0.4 is 5.32 Å². The van der Waals surface area contributed by atoms with Crippen molar-refractivity contribution in [3.05, 3.63) is 65.7 Å². The zero-order chi connectivity index (χ0) is 21.0. The van der Waals surface area contributed by atoms with Crippen LogP contribution in [0, 0.1) is 0 Å². The van der Waals surface area contributed by atoms with E-state index >= 15 is 0 Å². The highest BCUT2D eigenvalue weighted by molar-refractivity contribution is 7.90. The van der Waals surface area contributed by atoms with Gasteiger partial charge in [-0.25, -0.2) is 8.42 Å². The van der Waals surface area contributed by atoms with Crippen LogP contribution in [0.5, 0.6) is 0 Å². The first-order valence-corrected chi connectivity index (χ1v) is 11.7. The molecule has 7 heteroatoms.